The maximum atomic E-state index is 11.9. The summed E-state index contributed by atoms with van der Waals surface area (Å²) in [5.41, 5.74) is 0.878. The molecule has 2 aromatic heterocycles. The lowest BCUT2D eigenvalue weighted by Gasteiger charge is -2.27. The summed E-state index contributed by atoms with van der Waals surface area (Å²) in [7, 11) is 2.10. The number of aromatic nitrogens is 2. The third kappa shape index (κ3) is 3.08. The van der Waals surface area contributed by atoms with Gasteiger partial charge in [0.25, 0.3) is 5.56 Å². The van der Waals surface area contributed by atoms with Crippen LogP contribution in [0.15, 0.2) is 22.4 Å². The highest BCUT2D eigenvalue weighted by molar-refractivity contribution is 7.15. The van der Waals surface area contributed by atoms with Crippen LogP contribution in [0.4, 0.5) is 0 Å². The van der Waals surface area contributed by atoms with Crippen molar-refractivity contribution < 1.29 is 0 Å². The zero-order chi connectivity index (χ0) is 13.9. The van der Waals surface area contributed by atoms with Crippen LogP contribution in [0.3, 0.4) is 0 Å². The van der Waals surface area contributed by atoms with Crippen molar-refractivity contribution in [1.29, 1.82) is 0 Å². The molecule has 0 saturated carbocycles. The van der Waals surface area contributed by atoms with E-state index in [1.54, 1.807) is 16.7 Å². The Morgan fingerprint density at radius 2 is 2.50 bits per heavy atom. The monoisotopic (exact) mass is 292 g/mol. The third-order valence-corrected chi connectivity index (χ3v) is 4.51. The van der Waals surface area contributed by atoms with Crippen molar-refractivity contribution in [3.8, 4) is 0 Å². The molecule has 0 radical (unpaired) electrons. The summed E-state index contributed by atoms with van der Waals surface area (Å²) in [4.78, 5) is 19.5. The van der Waals surface area contributed by atoms with Crippen LogP contribution >= 0.6 is 11.3 Å². The maximum absolute atomic E-state index is 11.9. The molecule has 108 valence electrons. The molecule has 0 spiro atoms. The van der Waals surface area contributed by atoms with Gasteiger partial charge in [-0.3, -0.25) is 9.20 Å². The summed E-state index contributed by atoms with van der Waals surface area (Å²) < 4.78 is 1.60. The summed E-state index contributed by atoms with van der Waals surface area (Å²) in [5, 5.41) is 5.33. The number of fused-ring (bicyclic) bond motifs is 1. The Labute approximate surface area is 122 Å². The molecule has 1 aliphatic rings. The molecule has 0 aromatic carbocycles. The first-order valence-corrected chi connectivity index (χ1v) is 7.95. The van der Waals surface area contributed by atoms with Gasteiger partial charge in [-0.15, -0.1) is 11.3 Å². The van der Waals surface area contributed by atoms with Gasteiger partial charge in [0.15, 0.2) is 4.96 Å². The van der Waals surface area contributed by atoms with Crippen molar-refractivity contribution in [2.45, 2.75) is 19.4 Å². The quantitative estimate of drug-likeness (QED) is 0.919. The fraction of sp³-hybridized carbons (Fsp3) is 0.571. The topological polar surface area (TPSA) is 49.6 Å². The fourth-order valence-electron chi connectivity index (χ4n) is 2.83. The lowest BCUT2D eigenvalue weighted by atomic mass is 9.99. The maximum Gasteiger partial charge on any atom is 0.258 e. The summed E-state index contributed by atoms with van der Waals surface area (Å²) >= 11 is 1.50. The number of piperidine rings is 1. The molecular weight excluding hydrogens is 272 g/mol. The number of nitrogens with zero attached hydrogens (tertiary/aromatic N) is 3. The predicted molar refractivity (Wildman–Crippen MR) is 81.3 cm³/mol. The first-order chi connectivity index (χ1) is 9.72. The number of thiazole rings is 1. The molecule has 1 saturated heterocycles. The van der Waals surface area contributed by atoms with E-state index in [1.165, 1.54) is 24.2 Å². The standard InChI is InChI=1S/C14H20N4OS/c1-17(9-11-3-2-4-15-8-11)10-12-7-13(19)18-5-6-20-14(18)16-12/h5-7,11,15H,2-4,8-10H2,1H3. The van der Waals surface area contributed by atoms with Crippen molar-refractivity contribution in [1.82, 2.24) is 19.6 Å². The molecule has 20 heavy (non-hydrogen) atoms. The van der Waals surface area contributed by atoms with Gasteiger partial charge in [-0.1, -0.05) is 0 Å². The van der Waals surface area contributed by atoms with Crippen molar-refractivity contribution in [2.75, 3.05) is 26.7 Å². The molecule has 1 atom stereocenters. The number of hydrogen-bond donors (Lipinski definition) is 1. The fourth-order valence-corrected chi connectivity index (χ4v) is 3.57. The first kappa shape index (κ1) is 13.7. The van der Waals surface area contributed by atoms with Gasteiger partial charge in [-0.05, 0) is 38.9 Å². The van der Waals surface area contributed by atoms with Crippen molar-refractivity contribution in [3.63, 3.8) is 0 Å². The summed E-state index contributed by atoms with van der Waals surface area (Å²) in [6.07, 6.45) is 4.33. The third-order valence-electron chi connectivity index (χ3n) is 3.76. The molecule has 3 heterocycles. The second-order valence-electron chi connectivity index (χ2n) is 5.55. The van der Waals surface area contributed by atoms with Crippen LogP contribution in [0, 0.1) is 5.92 Å². The van der Waals surface area contributed by atoms with Gasteiger partial charge in [0, 0.05) is 30.7 Å². The second kappa shape index (κ2) is 6.03. The molecule has 0 bridgehead atoms. The molecule has 1 fully saturated rings. The summed E-state index contributed by atoms with van der Waals surface area (Å²) in [5.74, 6) is 0.709. The first-order valence-electron chi connectivity index (χ1n) is 7.07. The van der Waals surface area contributed by atoms with Crippen LogP contribution in [0.1, 0.15) is 18.5 Å². The van der Waals surface area contributed by atoms with Gasteiger partial charge in [0.05, 0.1) is 5.69 Å². The number of nitrogens with one attached hydrogen (secondary N) is 1. The highest BCUT2D eigenvalue weighted by atomic mass is 32.1. The highest BCUT2D eigenvalue weighted by Gasteiger charge is 2.15. The predicted octanol–water partition coefficient (Wildman–Crippen LogP) is 1.19. The largest absolute Gasteiger partial charge is 0.316 e. The van der Waals surface area contributed by atoms with E-state index >= 15 is 0 Å². The Kier molecular flexibility index (Phi) is 4.14. The zero-order valence-electron chi connectivity index (χ0n) is 11.7. The van der Waals surface area contributed by atoms with Crippen LogP contribution < -0.4 is 10.9 Å². The average Bonchev–Trinajstić information content (AvgIpc) is 2.88. The molecule has 0 aliphatic carbocycles. The molecule has 1 unspecified atom stereocenters. The molecule has 2 aromatic rings. The Morgan fingerprint density at radius 1 is 1.60 bits per heavy atom. The van der Waals surface area contributed by atoms with Crippen molar-refractivity contribution in [3.05, 3.63) is 33.7 Å². The summed E-state index contributed by atoms with van der Waals surface area (Å²) in [6.45, 7) is 4.04. The lowest BCUT2D eigenvalue weighted by molar-refractivity contribution is 0.235. The van der Waals surface area contributed by atoms with E-state index in [1.807, 2.05) is 5.38 Å². The zero-order valence-corrected chi connectivity index (χ0v) is 12.5. The van der Waals surface area contributed by atoms with Gasteiger partial charge < -0.3 is 10.2 Å². The van der Waals surface area contributed by atoms with Crippen LogP contribution in [-0.2, 0) is 6.54 Å². The molecule has 5 nitrogen and oxygen atoms in total. The average molecular weight is 292 g/mol. The molecule has 1 aliphatic heterocycles. The highest BCUT2D eigenvalue weighted by Crippen LogP contribution is 2.13. The minimum atomic E-state index is 0.0129. The van der Waals surface area contributed by atoms with E-state index in [0.717, 1.165) is 36.8 Å². The molecule has 6 heteroatoms. The normalized spacial score (nSPS) is 19.8. The number of rotatable bonds is 4. The minimum Gasteiger partial charge on any atom is -0.316 e. The molecule has 0 amide bonds. The van der Waals surface area contributed by atoms with E-state index in [4.69, 9.17) is 0 Å². The Morgan fingerprint density at radius 3 is 3.30 bits per heavy atom. The van der Waals surface area contributed by atoms with Crippen LogP contribution in [0.2, 0.25) is 0 Å². The second-order valence-corrected chi connectivity index (χ2v) is 6.42. The van der Waals surface area contributed by atoms with Crippen LogP contribution in [-0.4, -0.2) is 41.0 Å². The Balaban J connectivity index is 1.67. The number of hydrogen-bond acceptors (Lipinski definition) is 5. The SMILES string of the molecule is CN(Cc1cc(=O)n2ccsc2n1)CC1CCCNC1. The van der Waals surface area contributed by atoms with Gasteiger partial charge in [-0.25, -0.2) is 4.98 Å². The Hall–Kier alpha value is -1.24. The van der Waals surface area contributed by atoms with Gasteiger partial charge in [0.1, 0.15) is 0 Å². The Bertz CT molecular complexity index is 629. The van der Waals surface area contributed by atoms with Gasteiger partial charge in [-0.2, -0.15) is 0 Å². The van der Waals surface area contributed by atoms with E-state index in [9.17, 15) is 4.79 Å². The lowest BCUT2D eigenvalue weighted by Crippen LogP contribution is -2.36. The van der Waals surface area contributed by atoms with Gasteiger partial charge in [0.2, 0.25) is 0 Å². The smallest absolute Gasteiger partial charge is 0.258 e. The van der Waals surface area contributed by atoms with E-state index in [2.05, 4.69) is 22.2 Å². The van der Waals surface area contributed by atoms with E-state index in [0.29, 0.717) is 5.92 Å². The van der Waals surface area contributed by atoms with E-state index < -0.39 is 0 Å². The van der Waals surface area contributed by atoms with Crippen LogP contribution in [0.5, 0.6) is 0 Å². The molecule has 1 N–H and O–H groups in total. The van der Waals surface area contributed by atoms with Gasteiger partial charge >= 0.3 is 0 Å². The molecular formula is C14H20N4OS. The molecule has 3 rings (SSSR count). The van der Waals surface area contributed by atoms with Crippen molar-refractivity contribution in [2.24, 2.45) is 5.92 Å². The van der Waals surface area contributed by atoms with Crippen molar-refractivity contribution >= 4 is 16.3 Å². The summed E-state index contributed by atoms with van der Waals surface area (Å²) in [6, 6.07) is 1.65. The van der Waals surface area contributed by atoms with Crippen LogP contribution in [0.25, 0.3) is 4.96 Å². The van der Waals surface area contributed by atoms with E-state index in [-0.39, 0.29) is 5.56 Å². The minimum absolute atomic E-state index is 0.0129.